The predicted octanol–water partition coefficient (Wildman–Crippen LogP) is 2.15. The van der Waals surface area contributed by atoms with E-state index in [1.165, 1.54) is 12.8 Å². The molecular formula is C11H20O3. The molecule has 1 unspecified atom stereocenters. The molecule has 1 fully saturated rings. The van der Waals surface area contributed by atoms with Crippen LogP contribution < -0.4 is 0 Å². The first-order chi connectivity index (χ1) is 6.83. The monoisotopic (exact) mass is 200 g/mol. The molecule has 3 nitrogen and oxygen atoms in total. The van der Waals surface area contributed by atoms with Gasteiger partial charge in [0.05, 0.1) is 6.61 Å². The third kappa shape index (κ3) is 4.61. The Bertz CT molecular complexity index is 162. The summed E-state index contributed by atoms with van der Waals surface area (Å²) in [6.45, 7) is 4.12. The Labute approximate surface area is 85.8 Å². The van der Waals surface area contributed by atoms with Gasteiger partial charge in [-0.25, -0.2) is 0 Å². The summed E-state index contributed by atoms with van der Waals surface area (Å²) in [5, 5.41) is 0. The van der Waals surface area contributed by atoms with E-state index in [0.717, 1.165) is 26.1 Å². The molecule has 0 aromatic carbocycles. The van der Waals surface area contributed by atoms with Crippen LogP contribution in [0.3, 0.4) is 0 Å². The molecule has 0 aromatic heterocycles. The smallest absolute Gasteiger partial charge is 0.305 e. The molecule has 1 heterocycles. The molecule has 0 saturated carbocycles. The topological polar surface area (TPSA) is 35.5 Å². The summed E-state index contributed by atoms with van der Waals surface area (Å²) < 4.78 is 10.2. The molecule has 1 atom stereocenters. The second kappa shape index (κ2) is 6.82. The Balaban J connectivity index is 1.99. The summed E-state index contributed by atoms with van der Waals surface area (Å²) in [6.07, 6.45) is 5.02. The van der Waals surface area contributed by atoms with E-state index in [1.807, 2.05) is 6.92 Å². The van der Waals surface area contributed by atoms with Gasteiger partial charge >= 0.3 is 5.97 Å². The molecule has 0 spiro atoms. The lowest BCUT2D eigenvalue weighted by molar-refractivity contribution is -0.143. The van der Waals surface area contributed by atoms with Crippen LogP contribution in [0.4, 0.5) is 0 Å². The molecule has 82 valence electrons. The van der Waals surface area contributed by atoms with Gasteiger partial charge in [-0.1, -0.05) is 0 Å². The van der Waals surface area contributed by atoms with Gasteiger partial charge in [0, 0.05) is 19.6 Å². The van der Waals surface area contributed by atoms with Crippen molar-refractivity contribution in [1.82, 2.24) is 0 Å². The Morgan fingerprint density at radius 3 is 3.07 bits per heavy atom. The van der Waals surface area contributed by atoms with Crippen molar-refractivity contribution >= 4 is 5.97 Å². The van der Waals surface area contributed by atoms with Crippen LogP contribution in [-0.4, -0.2) is 25.8 Å². The van der Waals surface area contributed by atoms with Crippen LogP contribution in [-0.2, 0) is 14.3 Å². The average Bonchev–Trinajstić information content (AvgIpc) is 2.20. The van der Waals surface area contributed by atoms with E-state index >= 15 is 0 Å². The Morgan fingerprint density at radius 2 is 2.43 bits per heavy atom. The summed E-state index contributed by atoms with van der Waals surface area (Å²) in [6, 6.07) is 0. The average molecular weight is 200 g/mol. The fourth-order valence-electron chi connectivity index (χ4n) is 1.80. The summed E-state index contributed by atoms with van der Waals surface area (Å²) in [5.41, 5.74) is 0. The van der Waals surface area contributed by atoms with Gasteiger partial charge in [0.2, 0.25) is 0 Å². The molecule has 1 rings (SSSR count). The van der Waals surface area contributed by atoms with Crippen molar-refractivity contribution in [2.24, 2.45) is 5.92 Å². The molecule has 0 aliphatic carbocycles. The summed E-state index contributed by atoms with van der Waals surface area (Å²) in [4.78, 5) is 11.0. The number of rotatable bonds is 5. The quantitative estimate of drug-likeness (QED) is 0.638. The van der Waals surface area contributed by atoms with Crippen LogP contribution in [0.5, 0.6) is 0 Å². The minimum atomic E-state index is -0.0655. The number of hydrogen-bond donors (Lipinski definition) is 0. The lowest BCUT2D eigenvalue weighted by Gasteiger charge is -2.21. The van der Waals surface area contributed by atoms with E-state index in [9.17, 15) is 4.79 Å². The maximum Gasteiger partial charge on any atom is 0.305 e. The van der Waals surface area contributed by atoms with Crippen molar-refractivity contribution < 1.29 is 14.3 Å². The standard InChI is InChI=1S/C11H20O3/c1-2-14-11(12)7-3-5-10-6-4-8-13-9-10/h10H,2-9H2,1H3. The maximum atomic E-state index is 11.0. The van der Waals surface area contributed by atoms with E-state index in [-0.39, 0.29) is 5.97 Å². The van der Waals surface area contributed by atoms with Gasteiger partial charge in [-0.05, 0) is 38.5 Å². The zero-order valence-corrected chi connectivity index (χ0v) is 8.96. The van der Waals surface area contributed by atoms with E-state index in [0.29, 0.717) is 18.9 Å². The van der Waals surface area contributed by atoms with E-state index in [4.69, 9.17) is 9.47 Å². The van der Waals surface area contributed by atoms with E-state index in [1.54, 1.807) is 0 Å². The number of hydrogen-bond acceptors (Lipinski definition) is 3. The Hall–Kier alpha value is -0.570. The fraction of sp³-hybridized carbons (Fsp3) is 0.909. The summed E-state index contributed by atoms with van der Waals surface area (Å²) >= 11 is 0. The third-order valence-corrected chi connectivity index (χ3v) is 2.55. The van der Waals surface area contributed by atoms with Gasteiger partial charge < -0.3 is 9.47 Å². The molecule has 0 N–H and O–H groups in total. The first-order valence-electron chi connectivity index (χ1n) is 5.56. The highest BCUT2D eigenvalue weighted by atomic mass is 16.5. The molecular weight excluding hydrogens is 180 g/mol. The molecule has 3 heteroatoms. The first kappa shape index (κ1) is 11.5. The van der Waals surface area contributed by atoms with Crippen molar-refractivity contribution in [2.75, 3.05) is 19.8 Å². The van der Waals surface area contributed by atoms with Crippen molar-refractivity contribution in [1.29, 1.82) is 0 Å². The number of esters is 1. The van der Waals surface area contributed by atoms with Gasteiger partial charge in [-0.2, -0.15) is 0 Å². The van der Waals surface area contributed by atoms with Crippen molar-refractivity contribution in [2.45, 2.75) is 39.0 Å². The number of ether oxygens (including phenoxy) is 2. The summed E-state index contributed by atoms with van der Waals surface area (Å²) in [5.74, 6) is 0.599. The van der Waals surface area contributed by atoms with Crippen LogP contribution in [0.15, 0.2) is 0 Å². The largest absolute Gasteiger partial charge is 0.466 e. The highest BCUT2D eigenvalue weighted by molar-refractivity contribution is 5.69. The highest BCUT2D eigenvalue weighted by Gasteiger charge is 2.14. The van der Waals surface area contributed by atoms with Crippen molar-refractivity contribution in [3.05, 3.63) is 0 Å². The number of carbonyl (C=O) groups is 1. The van der Waals surface area contributed by atoms with Gasteiger partial charge in [0.15, 0.2) is 0 Å². The highest BCUT2D eigenvalue weighted by Crippen LogP contribution is 2.19. The minimum Gasteiger partial charge on any atom is -0.466 e. The second-order valence-electron chi connectivity index (χ2n) is 3.78. The fourth-order valence-corrected chi connectivity index (χ4v) is 1.80. The molecule has 14 heavy (non-hydrogen) atoms. The van der Waals surface area contributed by atoms with Crippen LogP contribution >= 0.6 is 0 Å². The predicted molar refractivity (Wildman–Crippen MR) is 54.0 cm³/mol. The van der Waals surface area contributed by atoms with Crippen LogP contribution in [0.2, 0.25) is 0 Å². The molecule has 1 aliphatic heterocycles. The second-order valence-corrected chi connectivity index (χ2v) is 3.78. The molecule has 1 aliphatic rings. The molecule has 0 amide bonds. The Kier molecular flexibility index (Phi) is 5.60. The SMILES string of the molecule is CCOC(=O)CCCC1CCCOC1. The molecule has 0 radical (unpaired) electrons. The van der Waals surface area contributed by atoms with Gasteiger partial charge in [-0.15, -0.1) is 0 Å². The van der Waals surface area contributed by atoms with Crippen LogP contribution in [0.25, 0.3) is 0 Å². The zero-order chi connectivity index (χ0) is 10.2. The number of carbonyl (C=O) groups excluding carboxylic acids is 1. The molecule has 0 aromatic rings. The lowest BCUT2D eigenvalue weighted by Crippen LogP contribution is -2.17. The van der Waals surface area contributed by atoms with E-state index in [2.05, 4.69) is 0 Å². The molecule has 0 bridgehead atoms. The third-order valence-electron chi connectivity index (χ3n) is 2.55. The normalized spacial score (nSPS) is 21.9. The van der Waals surface area contributed by atoms with Crippen LogP contribution in [0, 0.1) is 5.92 Å². The lowest BCUT2D eigenvalue weighted by atomic mass is 9.96. The summed E-state index contributed by atoms with van der Waals surface area (Å²) in [7, 11) is 0. The van der Waals surface area contributed by atoms with Crippen molar-refractivity contribution in [3.63, 3.8) is 0 Å². The van der Waals surface area contributed by atoms with Gasteiger partial charge in [0.25, 0.3) is 0 Å². The Morgan fingerprint density at radius 1 is 1.57 bits per heavy atom. The van der Waals surface area contributed by atoms with Crippen LogP contribution in [0.1, 0.15) is 39.0 Å². The minimum absolute atomic E-state index is 0.0655. The van der Waals surface area contributed by atoms with E-state index < -0.39 is 0 Å². The zero-order valence-electron chi connectivity index (χ0n) is 8.96. The first-order valence-corrected chi connectivity index (χ1v) is 5.56. The molecule has 1 saturated heterocycles. The maximum absolute atomic E-state index is 11.0. The van der Waals surface area contributed by atoms with Crippen molar-refractivity contribution in [3.8, 4) is 0 Å². The van der Waals surface area contributed by atoms with Gasteiger partial charge in [0.1, 0.15) is 0 Å². The van der Waals surface area contributed by atoms with Gasteiger partial charge in [-0.3, -0.25) is 4.79 Å².